The van der Waals surface area contributed by atoms with Gasteiger partial charge in [-0.1, -0.05) is 55.5 Å². The van der Waals surface area contributed by atoms with E-state index in [4.69, 9.17) is 0 Å². The number of carbonyl (C=O) groups excluding carboxylic acids is 1. The highest BCUT2D eigenvalue weighted by Gasteiger charge is 2.10. The molecule has 7 heteroatoms. The van der Waals surface area contributed by atoms with E-state index in [1.807, 2.05) is 44.2 Å². The highest BCUT2D eigenvalue weighted by atomic mass is 32.1. The number of nitrogens with one attached hydrogen (secondary N) is 2. The van der Waals surface area contributed by atoms with Crippen LogP contribution in [0.4, 0.5) is 4.79 Å². The van der Waals surface area contributed by atoms with E-state index in [-0.39, 0.29) is 11.9 Å². The third-order valence-corrected chi connectivity index (χ3v) is 4.36. The number of urea groups is 1. The first-order chi connectivity index (χ1) is 11.1. The first-order valence-corrected chi connectivity index (χ1v) is 8.45. The monoisotopic (exact) mass is 334 g/mol. The lowest BCUT2D eigenvalue weighted by Crippen LogP contribution is -2.37. The van der Waals surface area contributed by atoms with E-state index in [1.165, 1.54) is 11.3 Å². The third-order valence-electron chi connectivity index (χ3n) is 3.38. The van der Waals surface area contributed by atoms with Crippen LogP contribution in [0.5, 0.6) is 0 Å². The summed E-state index contributed by atoms with van der Waals surface area (Å²) in [6, 6.07) is 9.54. The van der Waals surface area contributed by atoms with Crippen LogP contribution >= 0.6 is 11.3 Å². The molecule has 1 aromatic carbocycles. The molecule has 2 aromatic rings. The van der Waals surface area contributed by atoms with Gasteiger partial charge in [0.25, 0.3) is 0 Å². The molecule has 1 atom stereocenters. The van der Waals surface area contributed by atoms with Gasteiger partial charge < -0.3 is 15.7 Å². The average molecular weight is 334 g/mol. The fraction of sp³-hybridized carbons (Fsp3) is 0.438. The fourth-order valence-corrected chi connectivity index (χ4v) is 2.69. The molecular formula is C16H22N4O2S. The van der Waals surface area contributed by atoms with Gasteiger partial charge in [-0.15, -0.1) is 10.2 Å². The number of benzene rings is 1. The molecule has 3 N–H and O–H groups in total. The minimum absolute atomic E-state index is 0.192. The van der Waals surface area contributed by atoms with E-state index >= 15 is 0 Å². The van der Waals surface area contributed by atoms with Crippen LogP contribution in [0.25, 0.3) is 10.6 Å². The predicted molar refractivity (Wildman–Crippen MR) is 91.0 cm³/mol. The molecule has 0 saturated heterocycles. The molecule has 6 nitrogen and oxygen atoms in total. The minimum atomic E-state index is -0.396. The van der Waals surface area contributed by atoms with Gasteiger partial charge in [-0.2, -0.15) is 0 Å². The van der Waals surface area contributed by atoms with E-state index in [9.17, 15) is 9.90 Å². The van der Waals surface area contributed by atoms with Gasteiger partial charge in [0.05, 0.1) is 12.6 Å². The van der Waals surface area contributed by atoms with E-state index in [0.717, 1.165) is 15.6 Å². The molecule has 0 bridgehead atoms. The summed E-state index contributed by atoms with van der Waals surface area (Å²) in [6.07, 6.45) is 0.147. The highest BCUT2D eigenvalue weighted by Crippen LogP contribution is 2.22. The molecule has 23 heavy (non-hydrogen) atoms. The second-order valence-electron chi connectivity index (χ2n) is 5.58. The van der Waals surface area contributed by atoms with Crippen LogP contribution in [0.1, 0.15) is 25.3 Å². The van der Waals surface area contributed by atoms with Gasteiger partial charge >= 0.3 is 6.03 Å². The molecule has 0 spiro atoms. The van der Waals surface area contributed by atoms with Crippen molar-refractivity contribution in [2.24, 2.45) is 5.92 Å². The van der Waals surface area contributed by atoms with Crippen molar-refractivity contribution in [1.29, 1.82) is 0 Å². The number of aliphatic hydroxyl groups excluding tert-OH is 1. The lowest BCUT2D eigenvalue weighted by molar-refractivity contribution is 0.116. The first kappa shape index (κ1) is 17.4. The largest absolute Gasteiger partial charge is 0.393 e. The van der Waals surface area contributed by atoms with E-state index in [1.54, 1.807) is 0 Å². The van der Waals surface area contributed by atoms with Crippen LogP contribution < -0.4 is 10.6 Å². The van der Waals surface area contributed by atoms with Gasteiger partial charge in [-0.05, 0) is 12.3 Å². The molecule has 1 heterocycles. The molecule has 1 aromatic heterocycles. The maximum Gasteiger partial charge on any atom is 0.315 e. The Morgan fingerprint density at radius 3 is 2.65 bits per heavy atom. The predicted octanol–water partition coefficient (Wildman–Crippen LogP) is 2.41. The highest BCUT2D eigenvalue weighted by molar-refractivity contribution is 7.14. The average Bonchev–Trinajstić information content (AvgIpc) is 3.02. The Kier molecular flexibility index (Phi) is 6.49. The van der Waals surface area contributed by atoms with Crippen molar-refractivity contribution >= 4 is 17.4 Å². The number of hydrogen-bond donors (Lipinski definition) is 3. The molecule has 2 amide bonds. The topological polar surface area (TPSA) is 87.1 Å². The van der Waals surface area contributed by atoms with Crippen LogP contribution in [0.15, 0.2) is 30.3 Å². The molecular weight excluding hydrogens is 312 g/mol. The molecule has 2 rings (SSSR count). The van der Waals surface area contributed by atoms with E-state index in [2.05, 4.69) is 20.8 Å². The molecule has 0 saturated carbocycles. The second-order valence-corrected chi connectivity index (χ2v) is 6.64. The van der Waals surface area contributed by atoms with Crippen LogP contribution in [0.2, 0.25) is 0 Å². The molecule has 0 aliphatic heterocycles. The molecule has 0 aliphatic rings. The number of carbonyl (C=O) groups is 1. The first-order valence-electron chi connectivity index (χ1n) is 7.64. The summed E-state index contributed by atoms with van der Waals surface area (Å²) < 4.78 is 0. The Balaban J connectivity index is 1.74. The van der Waals surface area contributed by atoms with Crippen molar-refractivity contribution < 1.29 is 9.90 Å². The van der Waals surface area contributed by atoms with Gasteiger partial charge in [0.1, 0.15) is 10.0 Å². The zero-order valence-electron chi connectivity index (χ0n) is 13.3. The van der Waals surface area contributed by atoms with E-state index in [0.29, 0.717) is 19.5 Å². The maximum absolute atomic E-state index is 11.7. The zero-order chi connectivity index (χ0) is 16.7. The van der Waals surface area contributed by atoms with Crippen molar-refractivity contribution in [3.63, 3.8) is 0 Å². The quantitative estimate of drug-likeness (QED) is 0.726. The van der Waals surface area contributed by atoms with E-state index < -0.39 is 6.10 Å². The third kappa shape index (κ3) is 5.61. The summed E-state index contributed by atoms with van der Waals surface area (Å²) in [5.41, 5.74) is 1.02. The van der Waals surface area contributed by atoms with Crippen LogP contribution in [0.3, 0.4) is 0 Å². The Bertz CT molecular complexity index is 616. The molecule has 1 unspecified atom stereocenters. The smallest absolute Gasteiger partial charge is 0.315 e. The zero-order valence-corrected chi connectivity index (χ0v) is 14.1. The lowest BCUT2D eigenvalue weighted by Gasteiger charge is -2.14. The molecule has 124 valence electrons. The molecule has 0 fully saturated rings. The Hall–Kier alpha value is -1.99. The number of nitrogens with zero attached hydrogens (tertiary/aromatic N) is 2. The van der Waals surface area contributed by atoms with Gasteiger partial charge in [-0.3, -0.25) is 0 Å². The van der Waals surface area contributed by atoms with Gasteiger partial charge in [0.15, 0.2) is 0 Å². The number of aliphatic hydroxyl groups is 1. The maximum atomic E-state index is 11.7. The van der Waals surface area contributed by atoms with Crippen LogP contribution in [0, 0.1) is 5.92 Å². The van der Waals surface area contributed by atoms with Crippen LogP contribution in [-0.2, 0) is 6.54 Å². The summed E-state index contributed by atoms with van der Waals surface area (Å²) in [4.78, 5) is 11.7. The minimum Gasteiger partial charge on any atom is -0.393 e. The number of amides is 2. The normalized spacial score (nSPS) is 12.2. The van der Waals surface area contributed by atoms with Gasteiger partial charge in [0, 0.05) is 12.1 Å². The fourth-order valence-electron chi connectivity index (χ4n) is 1.91. The summed E-state index contributed by atoms with van der Waals surface area (Å²) in [7, 11) is 0. The van der Waals surface area contributed by atoms with Crippen molar-refractivity contribution in [3.8, 4) is 10.6 Å². The summed E-state index contributed by atoms with van der Waals surface area (Å²) in [5, 5.41) is 24.9. The second kappa shape index (κ2) is 8.59. The summed E-state index contributed by atoms with van der Waals surface area (Å²) in [5.74, 6) is 0.192. The Morgan fingerprint density at radius 2 is 1.96 bits per heavy atom. The van der Waals surface area contributed by atoms with Crippen LogP contribution in [-0.4, -0.2) is 34.0 Å². The Morgan fingerprint density at radius 1 is 1.22 bits per heavy atom. The lowest BCUT2D eigenvalue weighted by atomic mass is 10.0. The number of aromatic nitrogens is 2. The molecule has 0 aliphatic carbocycles. The summed E-state index contributed by atoms with van der Waals surface area (Å²) >= 11 is 1.46. The molecule has 0 radical (unpaired) electrons. The van der Waals surface area contributed by atoms with Crippen molar-refractivity contribution in [2.75, 3.05) is 6.54 Å². The van der Waals surface area contributed by atoms with Gasteiger partial charge in [0.2, 0.25) is 0 Å². The standard InChI is InChI=1S/C16H22N4O2S/c1-11(2)13(21)8-9-17-16(22)18-10-14-19-20-15(23-14)12-6-4-3-5-7-12/h3-7,11,13,21H,8-10H2,1-2H3,(H2,17,18,22). The van der Waals surface area contributed by atoms with Crippen molar-refractivity contribution in [3.05, 3.63) is 35.3 Å². The van der Waals surface area contributed by atoms with Crippen molar-refractivity contribution in [2.45, 2.75) is 32.9 Å². The number of rotatable bonds is 7. The summed E-state index contributed by atoms with van der Waals surface area (Å²) in [6.45, 7) is 4.68. The van der Waals surface area contributed by atoms with Gasteiger partial charge in [-0.25, -0.2) is 4.79 Å². The number of hydrogen-bond acceptors (Lipinski definition) is 5. The Labute approximate surface area is 140 Å². The van der Waals surface area contributed by atoms with Crippen molar-refractivity contribution in [1.82, 2.24) is 20.8 Å². The SMILES string of the molecule is CC(C)C(O)CCNC(=O)NCc1nnc(-c2ccccc2)s1.